The Morgan fingerprint density at radius 1 is 1.19 bits per heavy atom. The molecule has 0 saturated heterocycles. The molecule has 0 fully saturated rings. The summed E-state index contributed by atoms with van der Waals surface area (Å²) in [5, 5.41) is -0.577. The molecule has 0 unspecified atom stereocenters. The minimum Gasteiger partial charge on any atom is -0.492 e. The van der Waals surface area contributed by atoms with E-state index in [4.69, 9.17) is 4.74 Å². The zero-order valence-corrected chi connectivity index (χ0v) is 12.3. The van der Waals surface area contributed by atoms with Crippen LogP contribution in [0.15, 0.2) is 53.7 Å². The highest BCUT2D eigenvalue weighted by molar-refractivity contribution is 7.89. The van der Waals surface area contributed by atoms with Gasteiger partial charge in [-0.15, -0.1) is 0 Å². The van der Waals surface area contributed by atoms with Crippen LogP contribution in [-0.2, 0) is 10.0 Å². The molecule has 0 N–H and O–H groups in total. The van der Waals surface area contributed by atoms with Crippen molar-refractivity contribution in [2.24, 2.45) is 0 Å². The van der Waals surface area contributed by atoms with Crippen molar-refractivity contribution in [1.82, 2.24) is 9.29 Å². The van der Waals surface area contributed by atoms with Gasteiger partial charge in [0, 0.05) is 19.8 Å². The van der Waals surface area contributed by atoms with Gasteiger partial charge in [-0.3, -0.25) is 0 Å². The van der Waals surface area contributed by atoms with Gasteiger partial charge in [-0.05, 0) is 24.3 Å². The number of benzene rings is 1. The molecule has 0 aliphatic carbocycles. The fraction of sp³-hybridized carbons (Fsp3) is 0.214. The normalized spacial score (nSPS) is 11.6. The molecule has 1 heterocycles. The monoisotopic (exact) mass is 310 g/mol. The molecule has 0 amide bonds. The third kappa shape index (κ3) is 3.77. The number of halogens is 1. The minimum atomic E-state index is -3.96. The molecule has 112 valence electrons. The van der Waals surface area contributed by atoms with Crippen LogP contribution in [-0.4, -0.2) is 37.9 Å². The van der Waals surface area contributed by atoms with Crippen molar-refractivity contribution in [3.63, 3.8) is 0 Å². The van der Waals surface area contributed by atoms with Crippen LogP contribution in [0.4, 0.5) is 4.39 Å². The van der Waals surface area contributed by atoms with Crippen LogP contribution < -0.4 is 4.74 Å². The van der Waals surface area contributed by atoms with E-state index in [0.29, 0.717) is 5.75 Å². The van der Waals surface area contributed by atoms with Crippen LogP contribution in [0.1, 0.15) is 0 Å². The average molecular weight is 310 g/mol. The fourth-order valence-electron chi connectivity index (χ4n) is 1.64. The maximum atomic E-state index is 13.5. The van der Waals surface area contributed by atoms with Crippen molar-refractivity contribution >= 4 is 10.0 Å². The molecule has 0 atom stereocenters. The molecule has 2 aromatic rings. The third-order valence-electron chi connectivity index (χ3n) is 2.80. The molecule has 1 aromatic carbocycles. The van der Waals surface area contributed by atoms with Crippen LogP contribution >= 0.6 is 0 Å². The molecule has 0 aliphatic rings. The lowest BCUT2D eigenvalue weighted by Crippen LogP contribution is -2.32. The van der Waals surface area contributed by atoms with E-state index in [9.17, 15) is 12.8 Å². The molecule has 0 radical (unpaired) electrons. The molecule has 1 aromatic heterocycles. The van der Waals surface area contributed by atoms with Crippen LogP contribution in [0, 0.1) is 5.82 Å². The molecule has 7 heteroatoms. The van der Waals surface area contributed by atoms with Gasteiger partial charge in [-0.2, -0.15) is 4.31 Å². The minimum absolute atomic E-state index is 0.0905. The Hall–Kier alpha value is -1.99. The topological polar surface area (TPSA) is 59.5 Å². The lowest BCUT2D eigenvalue weighted by atomic mass is 10.3. The van der Waals surface area contributed by atoms with Crippen molar-refractivity contribution in [3.8, 4) is 5.75 Å². The van der Waals surface area contributed by atoms with Gasteiger partial charge < -0.3 is 4.74 Å². The van der Waals surface area contributed by atoms with E-state index in [0.717, 1.165) is 10.4 Å². The van der Waals surface area contributed by atoms with E-state index >= 15 is 0 Å². The number of hydrogen-bond donors (Lipinski definition) is 0. The number of ether oxygens (including phenoxy) is 1. The first-order chi connectivity index (χ1) is 10.0. The van der Waals surface area contributed by atoms with Gasteiger partial charge in [0.2, 0.25) is 5.03 Å². The smallest absolute Gasteiger partial charge is 0.263 e. The van der Waals surface area contributed by atoms with E-state index in [1.54, 1.807) is 12.1 Å². The average Bonchev–Trinajstić information content (AvgIpc) is 2.48. The quantitative estimate of drug-likeness (QED) is 0.818. The Balaban J connectivity index is 2.00. The van der Waals surface area contributed by atoms with Crippen LogP contribution in [0.2, 0.25) is 0 Å². The highest BCUT2D eigenvalue weighted by Crippen LogP contribution is 2.15. The molecular weight excluding hydrogens is 295 g/mol. The summed E-state index contributed by atoms with van der Waals surface area (Å²) in [6.07, 6.45) is 1.24. The van der Waals surface area contributed by atoms with Crippen LogP contribution in [0.5, 0.6) is 5.75 Å². The predicted octanol–water partition coefficient (Wildman–Crippen LogP) is 1.92. The summed E-state index contributed by atoms with van der Waals surface area (Å²) < 4.78 is 44.3. The number of aromatic nitrogens is 1. The molecular formula is C14H15FN2O3S. The molecule has 0 spiro atoms. The highest BCUT2D eigenvalue weighted by Gasteiger charge is 2.25. The van der Waals surface area contributed by atoms with Crippen molar-refractivity contribution in [2.45, 2.75) is 5.03 Å². The van der Waals surface area contributed by atoms with E-state index in [1.807, 2.05) is 18.2 Å². The number of hydrogen-bond acceptors (Lipinski definition) is 4. The lowest BCUT2D eigenvalue weighted by Gasteiger charge is -2.17. The Labute approximate surface area is 123 Å². The highest BCUT2D eigenvalue weighted by atomic mass is 32.2. The largest absolute Gasteiger partial charge is 0.492 e. The Bertz CT molecular complexity index is 692. The van der Waals surface area contributed by atoms with E-state index in [2.05, 4.69) is 4.98 Å². The predicted molar refractivity (Wildman–Crippen MR) is 75.9 cm³/mol. The Morgan fingerprint density at radius 3 is 2.57 bits per heavy atom. The first-order valence-electron chi connectivity index (χ1n) is 6.26. The summed E-state index contributed by atoms with van der Waals surface area (Å²) in [4.78, 5) is 3.59. The molecule has 21 heavy (non-hydrogen) atoms. The van der Waals surface area contributed by atoms with Gasteiger partial charge in [0.15, 0.2) is 5.82 Å². The summed E-state index contributed by atoms with van der Waals surface area (Å²) in [5.41, 5.74) is 0. The van der Waals surface area contributed by atoms with Crippen LogP contribution in [0.25, 0.3) is 0 Å². The molecule has 5 nitrogen and oxygen atoms in total. The van der Waals surface area contributed by atoms with Crippen LogP contribution in [0.3, 0.4) is 0 Å². The number of likely N-dealkylation sites (N-methyl/N-ethyl adjacent to an activating group) is 1. The second-order valence-corrected chi connectivity index (χ2v) is 6.24. The van der Waals surface area contributed by atoms with Gasteiger partial charge in [0.25, 0.3) is 10.0 Å². The zero-order valence-electron chi connectivity index (χ0n) is 11.4. The summed E-state index contributed by atoms with van der Waals surface area (Å²) >= 11 is 0. The molecule has 0 aliphatic heterocycles. The van der Waals surface area contributed by atoms with Gasteiger partial charge in [-0.25, -0.2) is 17.8 Å². The zero-order chi connectivity index (χ0) is 15.3. The van der Waals surface area contributed by atoms with Gasteiger partial charge >= 0.3 is 0 Å². The Kier molecular flexibility index (Phi) is 4.87. The van der Waals surface area contributed by atoms with Gasteiger partial charge in [0.05, 0.1) is 0 Å². The van der Waals surface area contributed by atoms with E-state index < -0.39 is 20.9 Å². The van der Waals surface area contributed by atoms with Crippen molar-refractivity contribution in [3.05, 3.63) is 54.5 Å². The summed E-state index contributed by atoms with van der Waals surface area (Å²) in [5.74, 6) is -0.222. The molecule has 0 bridgehead atoms. The first kappa shape index (κ1) is 15.4. The first-order valence-corrected chi connectivity index (χ1v) is 7.70. The molecule has 0 saturated carbocycles. The number of sulfonamides is 1. The second-order valence-electron chi connectivity index (χ2n) is 4.28. The third-order valence-corrected chi connectivity index (χ3v) is 4.59. The van der Waals surface area contributed by atoms with E-state index in [-0.39, 0.29) is 13.2 Å². The van der Waals surface area contributed by atoms with Crippen molar-refractivity contribution in [2.75, 3.05) is 20.2 Å². The van der Waals surface area contributed by atoms with Crippen molar-refractivity contribution < 1.29 is 17.5 Å². The lowest BCUT2D eigenvalue weighted by molar-refractivity contribution is 0.286. The van der Waals surface area contributed by atoms with Crippen molar-refractivity contribution in [1.29, 1.82) is 0 Å². The fourth-order valence-corrected chi connectivity index (χ4v) is 2.76. The maximum absolute atomic E-state index is 13.5. The summed E-state index contributed by atoms with van der Waals surface area (Å²) in [7, 11) is -2.60. The second kappa shape index (κ2) is 6.64. The Morgan fingerprint density at radius 2 is 1.90 bits per heavy atom. The summed E-state index contributed by atoms with van der Waals surface area (Å²) in [6.45, 7) is 0.251. The number of rotatable bonds is 6. The van der Waals surface area contributed by atoms with E-state index in [1.165, 1.54) is 19.3 Å². The summed E-state index contributed by atoms with van der Waals surface area (Å²) in [6, 6.07) is 11.4. The SMILES string of the molecule is CN(CCOc1ccccc1)S(=O)(=O)c1ncccc1F. The maximum Gasteiger partial charge on any atom is 0.263 e. The number of pyridine rings is 1. The van der Waals surface area contributed by atoms with Gasteiger partial charge in [-0.1, -0.05) is 18.2 Å². The standard InChI is InChI=1S/C14H15FN2O3S/c1-17(10-11-20-12-6-3-2-4-7-12)21(18,19)14-13(15)8-5-9-16-14/h2-9H,10-11H2,1H3. The molecule has 2 rings (SSSR count). The number of para-hydroxylation sites is 1. The number of nitrogens with zero attached hydrogens (tertiary/aromatic N) is 2. The van der Waals surface area contributed by atoms with Gasteiger partial charge in [0.1, 0.15) is 12.4 Å².